The fourth-order valence-electron chi connectivity index (χ4n) is 1.61. The second-order valence-electron chi connectivity index (χ2n) is 9.57. The van der Waals surface area contributed by atoms with Crippen molar-refractivity contribution in [2.24, 2.45) is 10.8 Å². The molecule has 0 heterocycles. The molecule has 0 aromatic carbocycles. The van der Waals surface area contributed by atoms with Gasteiger partial charge in [0.05, 0.1) is 70.3 Å². The van der Waals surface area contributed by atoms with Crippen molar-refractivity contribution in [1.82, 2.24) is 0 Å². The van der Waals surface area contributed by atoms with Gasteiger partial charge >= 0.3 is 41.8 Å². The zero-order valence-electron chi connectivity index (χ0n) is 31.6. The molecule has 0 aromatic rings. The maximum atomic E-state index is 10.3. The molecule has 0 aliphatic carbocycles. The highest BCUT2D eigenvalue weighted by molar-refractivity contribution is 5.80. The first-order valence-electron chi connectivity index (χ1n) is 14.9. The minimum absolute atomic E-state index is 0.132. The van der Waals surface area contributed by atoms with Gasteiger partial charge in [-0.3, -0.25) is 4.79 Å². The van der Waals surface area contributed by atoms with E-state index in [1.54, 1.807) is 14.0 Å². The van der Waals surface area contributed by atoms with Crippen molar-refractivity contribution in [3.8, 4) is 0 Å². The van der Waals surface area contributed by atoms with Crippen molar-refractivity contribution >= 4 is 41.8 Å². The first-order valence-corrected chi connectivity index (χ1v) is 14.9. The normalized spacial score (nSPS) is 9.45. The Kier molecular flexibility index (Phi) is 60.4. The summed E-state index contributed by atoms with van der Waals surface area (Å²) in [5, 5.41) is 99.8. The Hall–Kier alpha value is -5.59. The summed E-state index contributed by atoms with van der Waals surface area (Å²) in [6, 6.07) is 0. The van der Waals surface area contributed by atoms with Gasteiger partial charge in [0.2, 0.25) is 0 Å². The molecular weight excluding hydrogens is 760 g/mol. The van der Waals surface area contributed by atoms with Crippen LogP contribution in [0.15, 0.2) is 75.9 Å². The molecule has 1 atom stereocenters. The molecule has 22 nitrogen and oxygen atoms in total. The largest absolute Gasteiger partial charge is 0.478 e. The van der Waals surface area contributed by atoms with E-state index in [1.807, 2.05) is 0 Å². The number of hydrogen-bond donors (Lipinski definition) is 12. The number of ether oxygens (including phenoxy) is 3. The van der Waals surface area contributed by atoms with Gasteiger partial charge < -0.3 is 75.5 Å². The Morgan fingerprint density at radius 1 is 0.500 bits per heavy atom. The van der Waals surface area contributed by atoms with Gasteiger partial charge in [0, 0.05) is 50.5 Å². The van der Waals surface area contributed by atoms with Gasteiger partial charge in [-0.2, -0.15) is 0 Å². The van der Waals surface area contributed by atoms with Crippen LogP contribution in [0.25, 0.3) is 0 Å². The summed E-state index contributed by atoms with van der Waals surface area (Å²) in [6.07, 6.45) is 4.87. The molecule has 1 unspecified atom stereocenters. The lowest BCUT2D eigenvalue weighted by atomic mass is 9.91. The van der Waals surface area contributed by atoms with Crippen LogP contribution < -0.4 is 0 Å². The second-order valence-corrected chi connectivity index (χ2v) is 9.57. The summed E-state index contributed by atoms with van der Waals surface area (Å²) < 4.78 is 14.6. The molecule has 0 saturated heterocycles. The van der Waals surface area contributed by atoms with E-state index in [0.29, 0.717) is 6.61 Å². The molecule has 0 aliphatic heterocycles. The summed E-state index contributed by atoms with van der Waals surface area (Å²) in [5.74, 6) is -6.15. The maximum Gasteiger partial charge on any atom is 0.327 e. The lowest BCUT2D eigenvalue weighted by Crippen LogP contribution is -2.43. The van der Waals surface area contributed by atoms with E-state index in [1.165, 1.54) is 6.92 Å². The van der Waals surface area contributed by atoms with Crippen LogP contribution in [0.3, 0.4) is 0 Å². The second kappa shape index (κ2) is 49.4. The lowest BCUT2D eigenvalue weighted by Gasteiger charge is -2.31. The number of carbonyl (C=O) groups excluding carboxylic acids is 1. The van der Waals surface area contributed by atoms with E-state index in [4.69, 9.17) is 75.5 Å². The van der Waals surface area contributed by atoms with Crippen LogP contribution in [0.4, 0.5) is 0 Å². The molecule has 12 N–H and O–H groups in total. The topological polar surface area (TPSA) is 390 Å². The summed E-state index contributed by atoms with van der Waals surface area (Å²) in [5.41, 5.74) is -2.32. The van der Waals surface area contributed by atoms with Crippen molar-refractivity contribution < 1.29 is 109 Å². The standard InChI is InChI=1S/C10H22O7.C6H12O3.6C3H4O2/c11-1-9(2-12,3-13)7-17-8-10(4-14,5-15)6-16;1-5(4-8-3)9-6(2)7;6*1-2-3(4)5/h11-16H,1-8H2;5H,4H2,1-3H3;6*2H,1H2,(H,4,5). The van der Waals surface area contributed by atoms with Crippen LogP contribution >= 0.6 is 0 Å². The SMILES string of the molecule is C=CC(=O)O.C=CC(=O)O.C=CC(=O)O.C=CC(=O)O.C=CC(=O)O.C=CC(=O)O.COCC(C)OC(C)=O.OCC(CO)(CO)COCC(CO)(CO)CO. The first kappa shape index (κ1) is 68.4. The number of esters is 1. The van der Waals surface area contributed by atoms with Gasteiger partial charge in [0.25, 0.3) is 0 Å². The molecule has 0 aliphatic rings. The summed E-state index contributed by atoms with van der Waals surface area (Å²) >= 11 is 0. The number of aliphatic hydroxyl groups excluding tert-OH is 6. The van der Waals surface area contributed by atoms with E-state index in [-0.39, 0.29) is 25.3 Å². The van der Waals surface area contributed by atoms with Crippen molar-refractivity contribution in [3.63, 3.8) is 0 Å². The van der Waals surface area contributed by atoms with Crippen LogP contribution in [0, 0.1) is 10.8 Å². The average Bonchev–Trinajstić information content (AvgIpc) is 3.16. The fourth-order valence-corrected chi connectivity index (χ4v) is 1.61. The third-order valence-electron chi connectivity index (χ3n) is 4.65. The molecule has 0 radical (unpaired) electrons. The molecule has 0 aromatic heterocycles. The molecule has 0 saturated carbocycles. The van der Waals surface area contributed by atoms with Crippen molar-refractivity contribution in [1.29, 1.82) is 0 Å². The van der Waals surface area contributed by atoms with E-state index >= 15 is 0 Å². The third kappa shape index (κ3) is 70.1. The predicted molar refractivity (Wildman–Crippen MR) is 198 cm³/mol. The Balaban J connectivity index is -0.0000000841. The Morgan fingerprint density at radius 3 is 0.786 bits per heavy atom. The number of carboxylic acids is 6. The highest BCUT2D eigenvalue weighted by Gasteiger charge is 2.32. The van der Waals surface area contributed by atoms with Crippen LogP contribution in [-0.2, 0) is 47.8 Å². The highest BCUT2D eigenvalue weighted by Crippen LogP contribution is 2.19. The third-order valence-corrected chi connectivity index (χ3v) is 4.65. The zero-order valence-corrected chi connectivity index (χ0v) is 31.6. The number of aliphatic carboxylic acids is 6. The highest BCUT2D eigenvalue weighted by atomic mass is 16.6. The Labute approximate surface area is 324 Å². The van der Waals surface area contributed by atoms with Gasteiger partial charge in [-0.15, -0.1) is 0 Å². The predicted octanol–water partition coefficient (Wildman–Crippen LogP) is -0.944. The van der Waals surface area contributed by atoms with Gasteiger partial charge in [-0.05, 0) is 6.92 Å². The number of methoxy groups -OCH3 is 1. The fraction of sp³-hybridized carbons (Fsp3) is 0.441. The van der Waals surface area contributed by atoms with E-state index in [0.717, 1.165) is 36.5 Å². The smallest absolute Gasteiger partial charge is 0.327 e. The van der Waals surface area contributed by atoms with E-state index < -0.39 is 86.3 Å². The van der Waals surface area contributed by atoms with Crippen LogP contribution in [0.5, 0.6) is 0 Å². The molecule has 326 valence electrons. The van der Waals surface area contributed by atoms with Gasteiger partial charge in [0.15, 0.2) is 0 Å². The maximum absolute atomic E-state index is 10.3. The lowest BCUT2D eigenvalue weighted by molar-refractivity contribution is -0.147. The van der Waals surface area contributed by atoms with Gasteiger partial charge in [0.1, 0.15) is 6.10 Å². The van der Waals surface area contributed by atoms with Gasteiger partial charge in [-0.1, -0.05) is 39.5 Å². The summed E-state index contributed by atoms with van der Waals surface area (Å²) in [6.45, 7) is 18.4. The molecule has 22 heteroatoms. The van der Waals surface area contributed by atoms with Crippen molar-refractivity contribution in [3.05, 3.63) is 75.9 Å². The van der Waals surface area contributed by atoms with Gasteiger partial charge in [-0.25, -0.2) is 28.8 Å². The number of aliphatic hydroxyl groups is 6. The number of rotatable bonds is 19. The number of carboxylic acid groups (broad SMARTS) is 6. The van der Waals surface area contributed by atoms with E-state index in [9.17, 15) is 33.6 Å². The molecule has 0 bridgehead atoms. The quantitative estimate of drug-likeness (QED) is 0.0552. The summed E-state index contributed by atoms with van der Waals surface area (Å²) in [4.78, 5) is 65.8. The zero-order chi connectivity index (χ0) is 46.3. The summed E-state index contributed by atoms with van der Waals surface area (Å²) in [7, 11) is 1.57. The number of carbonyl (C=O) groups is 7. The van der Waals surface area contributed by atoms with E-state index in [2.05, 4.69) is 39.5 Å². The van der Waals surface area contributed by atoms with Crippen molar-refractivity contribution in [2.75, 3.05) is 66.6 Å². The Bertz CT molecular complexity index is 947. The molecule has 0 amide bonds. The molecule has 0 fully saturated rings. The molecule has 0 spiro atoms. The van der Waals surface area contributed by atoms with Crippen LogP contribution in [0.2, 0.25) is 0 Å². The Morgan fingerprint density at radius 2 is 0.679 bits per heavy atom. The van der Waals surface area contributed by atoms with Crippen molar-refractivity contribution in [2.45, 2.75) is 20.0 Å². The molecular formula is C34H58O22. The van der Waals surface area contributed by atoms with Crippen LogP contribution in [0.1, 0.15) is 13.8 Å². The minimum Gasteiger partial charge on any atom is -0.478 e. The van der Waals surface area contributed by atoms with Crippen LogP contribution in [-0.4, -0.2) is 176 Å². The monoisotopic (exact) mass is 818 g/mol. The number of hydrogen-bond acceptors (Lipinski definition) is 16. The average molecular weight is 819 g/mol. The first-order chi connectivity index (χ1) is 25.9. The minimum atomic E-state index is -1.16. The molecule has 56 heavy (non-hydrogen) atoms. The molecule has 0 rings (SSSR count).